The number of esters is 1. The molecule has 0 saturated carbocycles. The Bertz CT molecular complexity index is 1110. The van der Waals surface area contributed by atoms with E-state index < -0.39 is 24.4 Å². The first-order valence-corrected chi connectivity index (χ1v) is 14.5. The summed E-state index contributed by atoms with van der Waals surface area (Å²) >= 11 is 0. The summed E-state index contributed by atoms with van der Waals surface area (Å²) in [7, 11) is -3.83. The number of nitro groups is 1. The number of allylic oxidation sites excluding steroid dienone is 3. The zero-order chi connectivity index (χ0) is 27.2. The van der Waals surface area contributed by atoms with Gasteiger partial charge in [0.2, 0.25) is 0 Å². The Morgan fingerprint density at radius 2 is 1.78 bits per heavy atom. The highest BCUT2D eigenvalue weighted by atomic mass is 31.2. The van der Waals surface area contributed by atoms with E-state index in [0.29, 0.717) is 17.0 Å². The van der Waals surface area contributed by atoms with Gasteiger partial charge in [-0.15, -0.1) is 0 Å². The number of non-ortho nitro benzene ring substituents is 1. The SMILES string of the molecule is CCCCCCCCOC(=O)C1=C(C)NC(C)=C(P2(=O)OCC(C)(C)CO2)C1c1cccc([N+](=O)[O-])c1. The van der Waals surface area contributed by atoms with Gasteiger partial charge < -0.3 is 19.1 Å². The largest absolute Gasteiger partial charge is 0.462 e. The standard InChI is InChI=1S/C27H39N2O7P/c1-6-7-8-9-10-11-15-34-26(30)23-19(2)28-20(3)25(37(33)35-17-27(4,5)18-36-37)24(23)21-13-12-14-22(16-21)29(31)32/h12-14,16,24,28H,6-11,15,17-18H2,1-5H3. The number of dihydropyridines is 1. The van der Waals surface area contributed by atoms with Gasteiger partial charge in [0.05, 0.1) is 41.5 Å². The average Bonchev–Trinajstić information content (AvgIpc) is 2.85. The molecule has 1 aromatic rings. The molecule has 1 fully saturated rings. The zero-order valence-electron chi connectivity index (χ0n) is 22.5. The molecule has 0 spiro atoms. The molecule has 0 radical (unpaired) electrons. The van der Waals surface area contributed by atoms with Crippen molar-refractivity contribution in [1.82, 2.24) is 5.32 Å². The molecule has 1 aromatic carbocycles. The van der Waals surface area contributed by atoms with Crippen molar-refractivity contribution in [3.05, 3.63) is 62.2 Å². The molecule has 9 nitrogen and oxygen atoms in total. The van der Waals surface area contributed by atoms with Crippen LogP contribution in [0.1, 0.15) is 84.6 Å². The molecule has 0 amide bonds. The first-order chi connectivity index (χ1) is 17.5. The summed E-state index contributed by atoms with van der Waals surface area (Å²) in [6.45, 7) is 10.2. The molecule has 0 aliphatic carbocycles. The number of nitrogens with zero attached hydrogens (tertiary/aromatic N) is 1. The number of hydrogen-bond donors (Lipinski definition) is 1. The van der Waals surface area contributed by atoms with E-state index in [0.717, 1.165) is 25.7 Å². The molecule has 1 atom stereocenters. The van der Waals surface area contributed by atoms with Crippen LogP contribution >= 0.6 is 7.60 Å². The molecular formula is C27H39N2O7P. The molecule has 10 heteroatoms. The Labute approximate surface area is 219 Å². The fraction of sp³-hybridized carbons (Fsp3) is 0.593. The first-order valence-electron chi connectivity index (χ1n) is 13.0. The third-order valence-corrected chi connectivity index (χ3v) is 8.76. The van der Waals surface area contributed by atoms with E-state index in [9.17, 15) is 19.5 Å². The summed E-state index contributed by atoms with van der Waals surface area (Å²) in [6.07, 6.45) is 6.32. The molecule has 0 bridgehead atoms. The van der Waals surface area contributed by atoms with Gasteiger partial charge in [0.15, 0.2) is 0 Å². The van der Waals surface area contributed by atoms with Crippen LogP contribution in [0.4, 0.5) is 5.69 Å². The Morgan fingerprint density at radius 1 is 1.14 bits per heavy atom. The fourth-order valence-electron chi connectivity index (χ4n) is 4.62. The lowest BCUT2D eigenvalue weighted by molar-refractivity contribution is -0.384. The van der Waals surface area contributed by atoms with E-state index in [2.05, 4.69) is 12.2 Å². The number of nitro benzene ring substituents is 1. The highest BCUT2D eigenvalue weighted by molar-refractivity contribution is 7.58. The molecule has 2 aliphatic heterocycles. The smallest absolute Gasteiger partial charge is 0.360 e. The van der Waals surface area contributed by atoms with Gasteiger partial charge in [-0.1, -0.05) is 65.0 Å². The van der Waals surface area contributed by atoms with Crippen LogP contribution in [0.3, 0.4) is 0 Å². The van der Waals surface area contributed by atoms with Gasteiger partial charge in [0.25, 0.3) is 5.69 Å². The van der Waals surface area contributed by atoms with Gasteiger partial charge in [-0.05, 0) is 25.8 Å². The summed E-state index contributed by atoms with van der Waals surface area (Å²) in [5, 5.41) is 15.0. The van der Waals surface area contributed by atoms with Crippen LogP contribution in [-0.2, 0) is 23.1 Å². The van der Waals surface area contributed by atoms with Crippen LogP contribution in [0.15, 0.2) is 46.5 Å². The van der Waals surface area contributed by atoms with Gasteiger partial charge >= 0.3 is 13.6 Å². The van der Waals surface area contributed by atoms with Gasteiger partial charge in [0.1, 0.15) is 0 Å². The van der Waals surface area contributed by atoms with E-state index in [1.165, 1.54) is 25.0 Å². The summed E-state index contributed by atoms with van der Waals surface area (Å²) in [4.78, 5) is 24.5. The maximum atomic E-state index is 14.1. The molecule has 2 heterocycles. The molecule has 1 N–H and O–H groups in total. The van der Waals surface area contributed by atoms with Gasteiger partial charge in [-0.2, -0.15) is 0 Å². The molecule has 0 aromatic heterocycles. The minimum atomic E-state index is -3.83. The van der Waals surface area contributed by atoms with Gasteiger partial charge in [0, 0.05) is 28.9 Å². The van der Waals surface area contributed by atoms with E-state index in [4.69, 9.17) is 13.8 Å². The van der Waals surface area contributed by atoms with Crippen molar-refractivity contribution in [3.63, 3.8) is 0 Å². The van der Waals surface area contributed by atoms with Crippen molar-refractivity contribution in [2.24, 2.45) is 5.41 Å². The number of hydrogen-bond acceptors (Lipinski definition) is 8. The van der Waals surface area contributed by atoms with E-state index in [1.54, 1.807) is 26.0 Å². The highest BCUT2D eigenvalue weighted by Gasteiger charge is 2.48. The number of nitrogens with one attached hydrogen (secondary N) is 1. The Kier molecular flexibility index (Phi) is 9.73. The van der Waals surface area contributed by atoms with Crippen LogP contribution in [0.5, 0.6) is 0 Å². The van der Waals surface area contributed by atoms with Crippen molar-refractivity contribution in [3.8, 4) is 0 Å². The summed E-state index contributed by atoms with van der Waals surface area (Å²) in [5.41, 5.74) is 1.31. The predicted molar refractivity (Wildman–Crippen MR) is 142 cm³/mol. The van der Waals surface area contributed by atoms with E-state index in [1.807, 2.05) is 13.8 Å². The van der Waals surface area contributed by atoms with Crippen LogP contribution in [-0.4, -0.2) is 30.7 Å². The third kappa shape index (κ3) is 7.09. The molecule has 37 heavy (non-hydrogen) atoms. The molecular weight excluding hydrogens is 495 g/mol. The summed E-state index contributed by atoms with van der Waals surface area (Å²) in [5.74, 6) is -1.44. The van der Waals surface area contributed by atoms with Crippen LogP contribution in [0.25, 0.3) is 0 Å². The number of carbonyl (C=O) groups is 1. The van der Waals surface area contributed by atoms with Crippen molar-refractivity contribution >= 4 is 19.3 Å². The van der Waals surface area contributed by atoms with Crippen LogP contribution in [0.2, 0.25) is 0 Å². The lowest BCUT2D eigenvalue weighted by Gasteiger charge is -2.39. The second-order valence-corrected chi connectivity index (χ2v) is 12.6. The molecule has 204 valence electrons. The predicted octanol–water partition coefficient (Wildman–Crippen LogP) is 6.96. The molecule has 3 rings (SSSR count). The van der Waals surface area contributed by atoms with E-state index in [-0.39, 0.29) is 41.8 Å². The van der Waals surface area contributed by atoms with Gasteiger partial charge in [-0.25, -0.2) is 4.79 Å². The van der Waals surface area contributed by atoms with Crippen molar-refractivity contribution in [2.45, 2.75) is 79.1 Å². The topological polar surface area (TPSA) is 117 Å². The lowest BCUT2D eigenvalue weighted by Crippen LogP contribution is -2.34. The number of carbonyl (C=O) groups excluding carboxylic acids is 1. The second-order valence-electron chi connectivity index (χ2n) is 10.6. The zero-order valence-corrected chi connectivity index (χ0v) is 23.4. The fourth-order valence-corrected chi connectivity index (χ4v) is 7.07. The number of ether oxygens (including phenoxy) is 1. The lowest BCUT2D eigenvalue weighted by atomic mass is 9.86. The Balaban J connectivity index is 1.95. The minimum Gasteiger partial charge on any atom is -0.462 e. The molecule has 2 aliphatic rings. The van der Waals surface area contributed by atoms with Gasteiger partial charge in [-0.3, -0.25) is 14.7 Å². The molecule has 1 saturated heterocycles. The van der Waals surface area contributed by atoms with Crippen molar-refractivity contribution in [2.75, 3.05) is 19.8 Å². The van der Waals surface area contributed by atoms with Crippen LogP contribution < -0.4 is 5.32 Å². The monoisotopic (exact) mass is 534 g/mol. The number of unbranched alkanes of at least 4 members (excludes halogenated alkanes) is 5. The minimum absolute atomic E-state index is 0.129. The third-order valence-electron chi connectivity index (χ3n) is 6.64. The average molecular weight is 535 g/mol. The summed E-state index contributed by atoms with van der Waals surface area (Å²) < 4.78 is 31.5. The quantitative estimate of drug-likeness (QED) is 0.106. The van der Waals surface area contributed by atoms with E-state index >= 15 is 0 Å². The van der Waals surface area contributed by atoms with Crippen molar-refractivity contribution in [1.29, 1.82) is 0 Å². The first kappa shape index (κ1) is 29.1. The molecule has 1 unspecified atom stereocenters. The number of benzene rings is 1. The Hall–Kier alpha value is -2.48. The van der Waals surface area contributed by atoms with Crippen molar-refractivity contribution < 1.29 is 28.1 Å². The Morgan fingerprint density at radius 3 is 2.43 bits per heavy atom. The summed E-state index contributed by atoms with van der Waals surface area (Å²) in [6, 6.07) is 6.02. The maximum absolute atomic E-state index is 14.1. The highest BCUT2D eigenvalue weighted by Crippen LogP contribution is 2.66. The second kappa shape index (κ2) is 12.4. The normalized spacial score (nSPS) is 20.9. The number of rotatable bonds is 11. The van der Waals surface area contributed by atoms with Crippen LogP contribution in [0, 0.1) is 15.5 Å². The maximum Gasteiger partial charge on any atom is 0.360 e.